The van der Waals surface area contributed by atoms with E-state index in [9.17, 15) is 9.18 Å². The second-order valence-corrected chi connectivity index (χ2v) is 6.17. The smallest absolute Gasteiger partial charge is 0.263 e. The van der Waals surface area contributed by atoms with Gasteiger partial charge in [-0.15, -0.1) is 0 Å². The van der Waals surface area contributed by atoms with E-state index in [0.717, 1.165) is 11.4 Å². The monoisotopic (exact) mass is 358 g/mol. The quantitative estimate of drug-likeness (QED) is 0.824. The standard InChI is InChI=1S/C20H23FN2O3/c1-15(26-18-9-5-3-7-16(18)21)20(24)23-13-11-22(12-14-23)17-8-4-6-10-19(17)25-2/h3-10,15H,11-14H2,1-2H3/t15-/m0/s1. The Balaban J connectivity index is 1.59. The fourth-order valence-electron chi connectivity index (χ4n) is 3.10. The van der Waals surface area contributed by atoms with E-state index in [1.54, 1.807) is 31.1 Å². The van der Waals surface area contributed by atoms with Crippen LogP contribution in [-0.4, -0.2) is 50.2 Å². The van der Waals surface area contributed by atoms with Crippen LogP contribution in [0.1, 0.15) is 6.92 Å². The Hall–Kier alpha value is -2.76. The minimum Gasteiger partial charge on any atom is -0.495 e. The van der Waals surface area contributed by atoms with Crippen molar-refractivity contribution in [3.63, 3.8) is 0 Å². The number of methoxy groups -OCH3 is 1. The molecule has 1 aliphatic heterocycles. The molecular weight excluding hydrogens is 335 g/mol. The molecule has 26 heavy (non-hydrogen) atoms. The van der Waals surface area contributed by atoms with Crippen LogP contribution in [0.15, 0.2) is 48.5 Å². The first-order chi connectivity index (χ1) is 12.6. The summed E-state index contributed by atoms with van der Waals surface area (Å²) in [5, 5.41) is 0. The van der Waals surface area contributed by atoms with Crippen molar-refractivity contribution in [2.45, 2.75) is 13.0 Å². The summed E-state index contributed by atoms with van der Waals surface area (Å²) in [5.74, 6) is 0.325. The lowest BCUT2D eigenvalue weighted by molar-refractivity contribution is -0.138. The van der Waals surface area contributed by atoms with E-state index in [4.69, 9.17) is 9.47 Å². The Kier molecular flexibility index (Phi) is 5.61. The number of benzene rings is 2. The summed E-state index contributed by atoms with van der Waals surface area (Å²) in [6.45, 7) is 4.24. The molecule has 1 fully saturated rings. The molecule has 0 unspecified atom stereocenters. The Morgan fingerprint density at radius 2 is 1.62 bits per heavy atom. The van der Waals surface area contributed by atoms with E-state index >= 15 is 0 Å². The predicted octanol–water partition coefficient (Wildman–Crippen LogP) is 2.95. The Morgan fingerprint density at radius 1 is 1.00 bits per heavy atom. The summed E-state index contributed by atoms with van der Waals surface area (Å²) < 4.78 is 24.6. The van der Waals surface area contributed by atoms with Gasteiger partial charge in [0, 0.05) is 26.2 Å². The molecule has 6 heteroatoms. The maximum atomic E-state index is 13.7. The largest absolute Gasteiger partial charge is 0.495 e. The van der Waals surface area contributed by atoms with Gasteiger partial charge in [0.2, 0.25) is 0 Å². The second-order valence-electron chi connectivity index (χ2n) is 6.17. The molecule has 2 aromatic carbocycles. The van der Waals surface area contributed by atoms with Crippen LogP contribution >= 0.6 is 0 Å². The molecule has 1 aliphatic rings. The zero-order chi connectivity index (χ0) is 18.5. The fraction of sp³-hybridized carbons (Fsp3) is 0.350. The van der Waals surface area contributed by atoms with Crippen LogP contribution in [0.25, 0.3) is 0 Å². The molecule has 0 spiro atoms. The third-order valence-corrected chi connectivity index (χ3v) is 4.51. The van der Waals surface area contributed by atoms with Crippen molar-refractivity contribution in [3.05, 3.63) is 54.3 Å². The molecule has 0 aromatic heterocycles. The van der Waals surface area contributed by atoms with Crippen molar-refractivity contribution >= 4 is 11.6 Å². The lowest BCUT2D eigenvalue weighted by atomic mass is 10.2. The normalized spacial score (nSPS) is 15.5. The van der Waals surface area contributed by atoms with Crippen molar-refractivity contribution in [2.24, 2.45) is 0 Å². The van der Waals surface area contributed by atoms with Gasteiger partial charge in [0.15, 0.2) is 17.7 Å². The van der Waals surface area contributed by atoms with Crippen molar-refractivity contribution in [1.29, 1.82) is 0 Å². The fourth-order valence-corrected chi connectivity index (χ4v) is 3.10. The van der Waals surface area contributed by atoms with E-state index in [1.165, 1.54) is 12.1 Å². The van der Waals surface area contributed by atoms with Crippen molar-refractivity contribution in [3.8, 4) is 11.5 Å². The molecular formula is C20H23FN2O3. The van der Waals surface area contributed by atoms with Crippen molar-refractivity contribution < 1.29 is 18.7 Å². The van der Waals surface area contributed by atoms with Crippen LogP contribution in [0.5, 0.6) is 11.5 Å². The van der Waals surface area contributed by atoms with Gasteiger partial charge in [-0.1, -0.05) is 24.3 Å². The Labute approximate surface area is 152 Å². The van der Waals surface area contributed by atoms with Crippen LogP contribution < -0.4 is 14.4 Å². The number of ether oxygens (including phenoxy) is 2. The summed E-state index contributed by atoms with van der Waals surface area (Å²) in [6.07, 6.45) is -0.732. The molecule has 0 bridgehead atoms. The number of hydrogen-bond donors (Lipinski definition) is 0. The van der Waals surface area contributed by atoms with Gasteiger partial charge in [0.25, 0.3) is 5.91 Å². The lowest BCUT2D eigenvalue weighted by Gasteiger charge is -2.37. The second kappa shape index (κ2) is 8.08. The molecule has 1 amide bonds. The molecule has 1 saturated heterocycles. The number of piperazine rings is 1. The number of para-hydroxylation sites is 3. The average Bonchev–Trinajstić information content (AvgIpc) is 2.69. The number of halogens is 1. The minimum atomic E-state index is -0.732. The van der Waals surface area contributed by atoms with Gasteiger partial charge in [-0.2, -0.15) is 0 Å². The van der Waals surface area contributed by atoms with Crippen LogP contribution in [0.2, 0.25) is 0 Å². The Morgan fingerprint density at radius 3 is 2.27 bits per heavy atom. The van der Waals surface area contributed by atoms with Gasteiger partial charge >= 0.3 is 0 Å². The van der Waals surface area contributed by atoms with Crippen molar-refractivity contribution in [1.82, 2.24) is 4.90 Å². The predicted molar refractivity (Wildman–Crippen MR) is 98.3 cm³/mol. The number of hydrogen-bond acceptors (Lipinski definition) is 4. The van der Waals surface area contributed by atoms with Gasteiger partial charge in [0.1, 0.15) is 5.75 Å². The maximum Gasteiger partial charge on any atom is 0.263 e. The molecule has 3 rings (SSSR count). The van der Waals surface area contributed by atoms with Crippen LogP contribution in [0.4, 0.5) is 10.1 Å². The highest BCUT2D eigenvalue weighted by Gasteiger charge is 2.27. The highest BCUT2D eigenvalue weighted by atomic mass is 19.1. The third-order valence-electron chi connectivity index (χ3n) is 4.51. The molecule has 0 aliphatic carbocycles. The summed E-state index contributed by atoms with van der Waals surface area (Å²) in [7, 11) is 1.65. The minimum absolute atomic E-state index is 0.0982. The van der Waals surface area contributed by atoms with E-state index in [0.29, 0.717) is 26.2 Å². The number of amides is 1. The summed E-state index contributed by atoms with van der Waals surface area (Å²) >= 11 is 0. The highest BCUT2D eigenvalue weighted by Crippen LogP contribution is 2.28. The topological polar surface area (TPSA) is 42.0 Å². The van der Waals surface area contributed by atoms with Crippen molar-refractivity contribution in [2.75, 3.05) is 38.2 Å². The van der Waals surface area contributed by atoms with E-state index < -0.39 is 11.9 Å². The maximum absolute atomic E-state index is 13.7. The van der Waals surface area contributed by atoms with E-state index in [1.807, 2.05) is 24.3 Å². The number of anilines is 1. The zero-order valence-electron chi connectivity index (χ0n) is 15.0. The van der Waals surface area contributed by atoms with E-state index in [-0.39, 0.29) is 11.7 Å². The van der Waals surface area contributed by atoms with Gasteiger partial charge in [0.05, 0.1) is 12.8 Å². The summed E-state index contributed by atoms with van der Waals surface area (Å²) in [5.41, 5.74) is 1.03. The molecule has 1 heterocycles. The number of carbonyl (C=O) groups is 1. The average molecular weight is 358 g/mol. The summed E-state index contributed by atoms with van der Waals surface area (Å²) in [4.78, 5) is 16.6. The SMILES string of the molecule is COc1ccccc1N1CCN(C(=O)[C@H](C)Oc2ccccc2F)CC1. The Bertz CT molecular complexity index is 760. The first kappa shape index (κ1) is 18.0. The molecule has 2 aromatic rings. The molecule has 138 valence electrons. The molecule has 0 radical (unpaired) electrons. The first-order valence-electron chi connectivity index (χ1n) is 8.68. The summed E-state index contributed by atoms with van der Waals surface area (Å²) in [6, 6.07) is 14.0. The van der Waals surface area contributed by atoms with Gasteiger partial charge < -0.3 is 19.3 Å². The first-order valence-corrected chi connectivity index (χ1v) is 8.68. The molecule has 5 nitrogen and oxygen atoms in total. The molecule has 1 atom stereocenters. The molecule has 0 saturated carbocycles. The van der Waals surface area contributed by atoms with Gasteiger partial charge in [-0.05, 0) is 31.2 Å². The number of rotatable bonds is 5. The van der Waals surface area contributed by atoms with Crippen LogP contribution in [0, 0.1) is 5.82 Å². The van der Waals surface area contributed by atoms with Gasteiger partial charge in [-0.3, -0.25) is 4.79 Å². The van der Waals surface area contributed by atoms with Crippen LogP contribution in [-0.2, 0) is 4.79 Å². The van der Waals surface area contributed by atoms with Gasteiger partial charge in [-0.25, -0.2) is 4.39 Å². The van der Waals surface area contributed by atoms with Crippen LogP contribution in [0.3, 0.4) is 0 Å². The number of nitrogens with zero attached hydrogens (tertiary/aromatic N) is 2. The highest BCUT2D eigenvalue weighted by molar-refractivity contribution is 5.81. The third kappa shape index (κ3) is 3.90. The van der Waals surface area contributed by atoms with E-state index in [2.05, 4.69) is 4.90 Å². The molecule has 0 N–H and O–H groups in total. The number of carbonyl (C=O) groups excluding carboxylic acids is 1. The zero-order valence-corrected chi connectivity index (χ0v) is 15.0. The lowest BCUT2D eigenvalue weighted by Crippen LogP contribution is -2.52.